The van der Waals surface area contributed by atoms with E-state index in [0.717, 1.165) is 5.75 Å². The van der Waals surface area contributed by atoms with Gasteiger partial charge in [-0.2, -0.15) is 11.8 Å². The van der Waals surface area contributed by atoms with Gasteiger partial charge in [-0.1, -0.05) is 0 Å². The molecule has 0 saturated heterocycles. The van der Waals surface area contributed by atoms with Crippen molar-refractivity contribution < 1.29 is 12.8 Å². The Kier molecular flexibility index (Phi) is 5.91. The maximum atomic E-state index is 11.9. The van der Waals surface area contributed by atoms with E-state index in [1.807, 2.05) is 27.0 Å². The minimum absolute atomic E-state index is 0.0284. The molecule has 0 aromatic carbocycles. The van der Waals surface area contributed by atoms with Crippen molar-refractivity contribution in [1.82, 2.24) is 10.0 Å². The van der Waals surface area contributed by atoms with Crippen molar-refractivity contribution in [2.45, 2.75) is 37.9 Å². The molecule has 0 spiro atoms. The van der Waals surface area contributed by atoms with Crippen LogP contribution in [0.15, 0.2) is 21.6 Å². The summed E-state index contributed by atoms with van der Waals surface area (Å²) >= 11 is 1.59. The molecule has 0 amide bonds. The van der Waals surface area contributed by atoms with Crippen LogP contribution in [0.5, 0.6) is 0 Å². The summed E-state index contributed by atoms with van der Waals surface area (Å²) < 4.78 is 31.6. The molecule has 1 aromatic heterocycles. The van der Waals surface area contributed by atoms with Crippen LogP contribution in [0.4, 0.5) is 0 Å². The number of furan rings is 1. The molecule has 0 aliphatic carbocycles. The second-order valence-electron chi connectivity index (χ2n) is 5.21. The minimum atomic E-state index is -3.52. The Bertz CT molecular complexity index is 489. The third kappa shape index (κ3) is 5.99. The summed E-state index contributed by atoms with van der Waals surface area (Å²) in [4.78, 5) is 0. The fourth-order valence-electron chi connectivity index (χ4n) is 1.30. The van der Waals surface area contributed by atoms with Crippen LogP contribution in [-0.4, -0.2) is 32.5 Å². The fraction of sp³-hybridized carbons (Fsp3) is 0.667. The predicted molar refractivity (Wildman–Crippen MR) is 78.9 cm³/mol. The SMILES string of the molecule is CSCCNS(=O)(=O)c1ccc(CNC(C)(C)C)o1. The zero-order chi connectivity index (χ0) is 14.5. The topological polar surface area (TPSA) is 71.3 Å². The number of sulfonamides is 1. The molecule has 1 rings (SSSR count). The molecule has 7 heteroatoms. The van der Waals surface area contributed by atoms with Gasteiger partial charge in [0, 0.05) is 17.8 Å². The summed E-state index contributed by atoms with van der Waals surface area (Å²) in [5.41, 5.74) is -0.0393. The van der Waals surface area contributed by atoms with E-state index >= 15 is 0 Å². The van der Waals surface area contributed by atoms with Gasteiger partial charge in [0.25, 0.3) is 10.0 Å². The van der Waals surface area contributed by atoms with Gasteiger partial charge in [-0.25, -0.2) is 13.1 Å². The van der Waals surface area contributed by atoms with Gasteiger partial charge in [-0.3, -0.25) is 0 Å². The van der Waals surface area contributed by atoms with Gasteiger partial charge in [0.15, 0.2) is 0 Å². The summed E-state index contributed by atoms with van der Waals surface area (Å²) in [7, 11) is -3.52. The Labute approximate surface area is 119 Å². The van der Waals surface area contributed by atoms with Gasteiger partial charge >= 0.3 is 0 Å². The second kappa shape index (κ2) is 6.78. The van der Waals surface area contributed by atoms with E-state index in [1.54, 1.807) is 17.8 Å². The first-order valence-electron chi connectivity index (χ1n) is 6.07. The van der Waals surface area contributed by atoms with Crippen molar-refractivity contribution in [3.8, 4) is 0 Å². The highest BCUT2D eigenvalue weighted by Gasteiger charge is 2.18. The van der Waals surface area contributed by atoms with E-state index < -0.39 is 10.0 Å². The highest BCUT2D eigenvalue weighted by molar-refractivity contribution is 7.98. The first kappa shape index (κ1) is 16.6. The molecule has 0 fully saturated rings. The van der Waals surface area contributed by atoms with E-state index in [9.17, 15) is 8.42 Å². The molecule has 110 valence electrons. The molecule has 0 aliphatic heterocycles. The molecule has 0 atom stereocenters. The van der Waals surface area contributed by atoms with Crippen molar-refractivity contribution in [3.05, 3.63) is 17.9 Å². The van der Waals surface area contributed by atoms with Crippen molar-refractivity contribution in [2.75, 3.05) is 18.6 Å². The van der Waals surface area contributed by atoms with Crippen LogP contribution in [0.1, 0.15) is 26.5 Å². The predicted octanol–water partition coefficient (Wildman–Crippen LogP) is 1.81. The molecular weight excluding hydrogens is 284 g/mol. The third-order valence-electron chi connectivity index (χ3n) is 2.29. The lowest BCUT2D eigenvalue weighted by molar-refractivity contribution is 0.359. The van der Waals surface area contributed by atoms with Gasteiger partial charge in [0.1, 0.15) is 5.76 Å². The van der Waals surface area contributed by atoms with Crippen LogP contribution in [0, 0.1) is 0 Å². The lowest BCUT2D eigenvalue weighted by Gasteiger charge is -2.19. The summed E-state index contributed by atoms with van der Waals surface area (Å²) in [6.45, 7) is 7.02. The number of rotatable bonds is 7. The Balaban J connectivity index is 2.63. The number of hydrogen-bond acceptors (Lipinski definition) is 5. The fourth-order valence-corrected chi connectivity index (χ4v) is 2.71. The Hall–Kier alpha value is -0.500. The molecule has 0 aliphatic rings. The number of thioether (sulfide) groups is 1. The normalized spacial score (nSPS) is 12.8. The van der Waals surface area contributed by atoms with Crippen LogP contribution in [0.2, 0.25) is 0 Å². The van der Waals surface area contributed by atoms with Crippen LogP contribution >= 0.6 is 11.8 Å². The van der Waals surface area contributed by atoms with Crippen LogP contribution in [0.3, 0.4) is 0 Å². The van der Waals surface area contributed by atoms with E-state index in [1.165, 1.54) is 6.07 Å². The zero-order valence-corrected chi connectivity index (χ0v) is 13.5. The molecular formula is C12H22N2O3S2. The quantitative estimate of drug-likeness (QED) is 0.752. The minimum Gasteiger partial charge on any atom is -0.447 e. The Morgan fingerprint density at radius 2 is 2.00 bits per heavy atom. The van der Waals surface area contributed by atoms with E-state index in [4.69, 9.17) is 4.42 Å². The third-order valence-corrected chi connectivity index (χ3v) is 4.24. The molecule has 0 unspecified atom stereocenters. The molecule has 0 bridgehead atoms. The van der Waals surface area contributed by atoms with Crippen LogP contribution in [0.25, 0.3) is 0 Å². The van der Waals surface area contributed by atoms with E-state index in [-0.39, 0.29) is 10.6 Å². The maximum Gasteiger partial charge on any atom is 0.273 e. The van der Waals surface area contributed by atoms with Crippen molar-refractivity contribution in [1.29, 1.82) is 0 Å². The van der Waals surface area contributed by atoms with Gasteiger partial charge in [0.2, 0.25) is 5.09 Å². The van der Waals surface area contributed by atoms with Crippen molar-refractivity contribution >= 4 is 21.8 Å². The highest BCUT2D eigenvalue weighted by atomic mass is 32.2. The molecule has 0 radical (unpaired) electrons. The average molecular weight is 306 g/mol. The first-order valence-corrected chi connectivity index (χ1v) is 8.95. The van der Waals surface area contributed by atoms with Crippen LogP contribution < -0.4 is 10.0 Å². The maximum absolute atomic E-state index is 11.9. The van der Waals surface area contributed by atoms with Gasteiger partial charge in [-0.15, -0.1) is 0 Å². The zero-order valence-electron chi connectivity index (χ0n) is 11.8. The average Bonchev–Trinajstić information content (AvgIpc) is 2.75. The lowest BCUT2D eigenvalue weighted by Crippen LogP contribution is -2.34. The monoisotopic (exact) mass is 306 g/mol. The molecule has 5 nitrogen and oxygen atoms in total. The number of nitrogens with one attached hydrogen (secondary N) is 2. The van der Waals surface area contributed by atoms with E-state index in [2.05, 4.69) is 10.0 Å². The first-order chi connectivity index (χ1) is 8.74. The second-order valence-corrected chi connectivity index (χ2v) is 7.90. The van der Waals surface area contributed by atoms with E-state index in [0.29, 0.717) is 18.8 Å². The summed E-state index contributed by atoms with van der Waals surface area (Å²) in [6.07, 6.45) is 1.93. The van der Waals surface area contributed by atoms with Crippen LogP contribution in [-0.2, 0) is 16.6 Å². The van der Waals surface area contributed by atoms with Gasteiger partial charge in [0.05, 0.1) is 6.54 Å². The largest absolute Gasteiger partial charge is 0.447 e. The number of hydrogen-bond donors (Lipinski definition) is 2. The summed E-state index contributed by atoms with van der Waals surface area (Å²) in [5.74, 6) is 1.35. The Morgan fingerprint density at radius 1 is 1.32 bits per heavy atom. The lowest BCUT2D eigenvalue weighted by atomic mass is 10.1. The summed E-state index contributed by atoms with van der Waals surface area (Å²) in [6, 6.07) is 3.17. The molecule has 0 saturated carbocycles. The van der Waals surface area contributed by atoms with Crippen molar-refractivity contribution in [2.24, 2.45) is 0 Å². The summed E-state index contributed by atoms with van der Waals surface area (Å²) in [5, 5.41) is 3.21. The molecule has 2 N–H and O–H groups in total. The molecule has 1 heterocycles. The van der Waals surface area contributed by atoms with Crippen molar-refractivity contribution in [3.63, 3.8) is 0 Å². The van der Waals surface area contributed by atoms with Gasteiger partial charge < -0.3 is 9.73 Å². The highest BCUT2D eigenvalue weighted by Crippen LogP contribution is 2.14. The molecule has 1 aromatic rings. The standard InChI is InChI=1S/C12H22N2O3S2/c1-12(2,3)13-9-10-5-6-11(17-10)19(15,16)14-7-8-18-4/h5-6,13-14H,7-9H2,1-4H3. The Morgan fingerprint density at radius 3 is 2.58 bits per heavy atom. The van der Waals surface area contributed by atoms with Gasteiger partial charge in [-0.05, 0) is 39.2 Å². The molecule has 19 heavy (non-hydrogen) atoms. The smallest absolute Gasteiger partial charge is 0.273 e.